The molecule has 0 bridgehead atoms. The molecule has 1 saturated heterocycles. The molecule has 1 aliphatic heterocycles. The van der Waals surface area contributed by atoms with Crippen LogP contribution < -0.4 is 10.6 Å². The van der Waals surface area contributed by atoms with Gasteiger partial charge in [-0.05, 0) is 57.1 Å². The van der Waals surface area contributed by atoms with Gasteiger partial charge < -0.3 is 35.3 Å². The normalized spacial score (nSPS) is 19.4. The lowest BCUT2D eigenvalue weighted by Gasteiger charge is -2.31. The highest BCUT2D eigenvalue weighted by Crippen LogP contribution is 2.35. The second-order valence-electron chi connectivity index (χ2n) is 9.68. The number of anilines is 1. The number of aliphatic hydroxyl groups excluding tert-OH is 2. The smallest absolute Gasteiger partial charge is 0.410 e. The van der Waals surface area contributed by atoms with Crippen molar-refractivity contribution < 1.29 is 38.2 Å². The average molecular weight is 527 g/mol. The molecule has 1 atom stereocenters. The van der Waals surface area contributed by atoms with E-state index in [2.05, 4.69) is 15.8 Å². The van der Waals surface area contributed by atoms with E-state index in [1.54, 1.807) is 4.90 Å². The van der Waals surface area contributed by atoms with Crippen molar-refractivity contribution in [1.29, 1.82) is 0 Å². The van der Waals surface area contributed by atoms with Crippen molar-refractivity contribution in [2.75, 3.05) is 31.6 Å². The largest absolute Gasteiger partial charge is 0.447 e. The van der Waals surface area contributed by atoms with Crippen LogP contribution in [0.4, 0.5) is 24.1 Å². The zero-order chi connectivity index (χ0) is 26.9. The van der Waals surface area contributed by atoms with E-state index in [9.17, 15) is 23.5 Å². The van der Waals surface area contributed by atoms with Crippen LogP contribution >= 0.6 is 0 Å². The molecule has 37 heavy (non-hydrogen) atoms. The third-order valence-corrected chi connectivity index (χ3v) is 6.41. The van der Waals surface area contributed by atoms with Gasteiger partial charge in [0.05, 0.1) is 30.2 Å². The Balaban J connectivity index is 1.46. The summed E-state index contributed by atoms with van der Waals surface area (Å²) in [6.45, 7) is 3.95. The summed E-state index contributed by atoms with van der Waals surface area (Å²) in [6.07, 6.45) is 2.00. The Morgan fingerprint density at radius 1 is 1.14 bits per heavy atom. The number of piperidine rings is 1. The van der Waals surface area contributed by atoms with Crippen molar-refractivity contribution in [2.24, 2.45) is 5.16 Å². The lowest BCUT2D eigenvalue weighted by Crippen LogP contribution is -2.41. The highest BCUT2D eigenvalue weighted by atomic mass is 19.1. The van der Waals surface area contributed by atoms with Crippen LogP contribution in [0.1, 0.15) is 63.9 Å². The van der Waals surface area contributed by atoms with Gasteiger partial charge in [0.1, 0.15) is 17.7 Å². The topological polar surface area (TPSA) is 133 Å². The fourth-order valence-electron chi connectivity index (χ4n) is 4.33. The summed E-state index contributed by atoms with van der Waals surface area (Å²) in [7, 11) is 0. The monoisotopic (exact) mass is 526 g/mol. The number of nitrogens with one attached hydrogen (secondary N) is 2. The van der Waals surface area contributed by atoms with Crippen molar-refractivity contribution >= 4 is 23.5 Å². The minimum absolute atomic E-state index is 0.0796. The number of rotatable bonds is 8. The summed E-state index contributed by atoms with van der Waals surface area (Å²) in [6, 6.07) is 1.23. The molecule has 1 aromatic rings. The number of oxime groups is 1. The molecule has 1 saturated carbocycles. The highest BCUT2D eigenvalue weighted by molar-refractivity contribution is 5.89. The molecule has 0 radical (unpaired) electrons. The number of carbonyl (C=O) groups excluding carboxylic acids is 2. The average Bonchev–Trinajstić information content (AvgIpc) is 2.88. The number of benzene rings is 1. The molecule has 1 aromatic carbocycles. The zero-order valence-corrected chi connectivity index (χ0v) is 21.2. The third kappa shape index (κ3) is 8.53. The number of halogens is 2. The Hall–Kier alpha value is -2.99. The number of hydrogen-bond donors (Lipinski definition) is 4. The molecule has 1 heterocycles. The SMILES string of the molecule is CC(C)OC(=O)N1CCC(ON=C2CCC(c3cc(F)c(NC(=O)NCC(O)CO)cc3F)CC2)CC1. The number of urea groups is 1. The molecule has 3 amide bonds. The van der Waals surface area contributed by atoms with E-state index in [1.165, 1.54) is 0 Å². The number of nitrogens with zero attached hydrogens (tertiary/aromatic N) is 2. The van der Waals surface area contributed by atoms with Crippen molar-refractivity contribution in [1.82, 2.24) is 10.2 Å². The first-order valence-electron chi connectivity index (χ1n) is 12.7. The summed E-state index contributed by atoms with van der Waals surface area (Å²) < 4.78 is 34.6. The quantitative estimate of drug-likeness (QED) is 0.384. The minimum Gasteiger partial charge on any atom is -0.447 e. The van der Waals surface area contributed by atoms with E-state index in [4.69, 9.17) is 14.7 Å². The summed E-state index contributed by atoms with van der Waals surface area (Å²) in [5.74, 6) is -1.57. The Morgan fingerprint density at radius 3 is 2.43 bits per heavy atom. The Morgan fingerprint density at radius 2 is 1.81 bits per heavy atom. The van der Waals surface area contributed by atoms with Crippen LogP contribution in [0, 0.1) is 11.6 Å². The van der Waals surface area contributed by atoms with Gasteiger partial charge in [-0.25, -0.2) is 18.4 Å². The highest BCUT2D eigenvalue weighted by Gasteiger charge is 2.27. The predicted octanol–water partition coefficient (Wildman–Crippen LogP) is 3.48. The summed E-state index contributed by atoms with van der Waals surface area (Å²) in [5.41, 5.74) is 0.811. The zero-order valence-electron chi connectivity index (χ0n) is 21.2. The molecule has 0 spiro atoms. The van der Waals surface area contributed by atoms with Crippen molar-refractivity contribution in [2.45, 2.75) is 76.6 Å². The third-order valence-electron chi connectivity index (χ3n) is 6.41. The van der Waals surface area contributed by atoms with Gasteiger partial charge in [-0.2, -0.15) is 0 Å². The lowest BCUT2D eigenvalue weighted by molar-refractivity contribution is 0.00403. The van der Waals surface area contributed by atoms with Gasteiger partial charge in [0.15, 0.2) is 0 Å². The van der Waals surface area contributed by atoms with E-state index in [0.29, 0.717) is 51.6 Å². The fourth-order valence-corrected chi connectivity index (χ4v) is 4.33. The van der Waals surface area contributed by atoms with Gasteiger partial charge in [-0.3, -0.25) is 0 Å². The van der Waals surface area contributed by atoms with Gasteiger partial charge >= 0.3 is 12.1 Å². The Labute approximate surface area is 215 Å². The summed E-state index contributed by atoms with van der Waals surface area (Å²) in [5, 5.41) is 26.8. The van der Waals surface area contributed by atoms with E-state index in [-0.39, 0.29) is 42.0 Å². The molecule has 4 N–H and O–H groups in total. The van der Waals surface area contributed by atoms with Crippen molar-refractivity contribution in [3.63, 3.8) is 0 Å². The van der Waals surface area contributed by atoms with Gasteiger partial charge in [0.25, 0.3) is 0 Å². The molecule has 206 valence electrons. The van der Waals surface area contributed by atoms with Crippen LogP contribution in [0.5, 0.6) is 0 Å². The summed E-state index contributed by atoms with van der Waals surface area (Å²) >= 11 is 0. The molecule has 1 unspecified atom stereocenters. The van der Waals surface area contributed by atoms with Gasteiger partial charge in [0, 0.05) is 38.5 Å². The second-order valence-corrected chi connectivity index (χ2v) is 9.68. The lowest BCUT2D eigenvalue weighted by atomic mass is 9.83. The van der Waals surface area contributed by atoms with Crippen LogP contribution in [-0.2, 0) is 9.57 Å². The van der Waals surface area contributed by atoms with E-state index >= 15 is 0 Å². The number of ether oxygens (including phenoxy) is 1. The maximum atomic E-state index is 14.8. The molecule has 2 aliphatic rings. The number of amides is 3. The van der Waals surface area contributed by atoms with Gasteiger partial charge in [-0.1, -0.05) is 5.16 Å². The number of aliphatic hydroxyl groups is 2. The number of hydrogen-bond acceptors (Lipinski definition) is 7. The molecular weight excluding hydrogens is 490 g/mol. The van der Waals surface area contributed by atoms with Crippen LogP contribution in [-0.4, -0.2) is 77.5 Å². The number of carbonyl (C=O) groups is 2. The van der Waals surface area contributed by atoms with Gasteiger partial charge in [0.2, 0.25) is 0 Å². The molecule has 2 fully saturated rings. The van der Waals surface area contributed by atoms with Crippen LogP contribution in [0.15, 0.2) is 17.3 Å². The number of likely N-dealkylation sites (tertiary alicyclic amines) is 1. The molecule has 1 aliphatic carbocycles. The molecule has 10 nitrogen and oxygen atoms in total. The van der Waals surface area contributed by atoms with Gasteiger partial charge in [-0.15, -0.1) is 0 Å². The molecule has 3 rings (SSSR count). The van der Waals surface area contributed by atoms with Crippen LogP contribution in [0.2, 0.25) is 0 Å². The molecular formula is C25H36F2N4O6. The Bertz CT molecular complexity index is 959. The maximum absolute atomic E-state index is 14.8. The fraction of sp³-hybridized carbons (Fsp3) is 0.640. The van der Waals surface area contributed by atoms with E-state index < -0.39 is 30.4 Å². The van der Waals surface area contributed by atoms with E-state index in [1.807, 2.05) is 13.8 Å². The van der Waals surface area contributed by atoms with Crippen molar-refractivity contribution in [3.05, 3.63) is 29.3 Å². The maximum Gasteiger partial charge on any atom is 0.410 e. The Kier molecular flexibility index (Phi) is 10.4. The molecule has 0 aromatic heterocycles. The minimum atomic E-state index is -1.15. The second kappa shape index (κ2) is 13.5. The molecule has 12 heteroatoms. The predicted molar refractivity (Wildman–Crippen MR) is 132 cm³/mol. The first-order valence-corrected chi connectivity index (χ1v) is 12.7. The van der Waals surface area contributed by atoms with E-state index in [0.717, 1.165) is 17.8 Å². The van der Waals surface area contributed by atoms with Crippen molar-refractivity contribution in [3.8, 4) is 0 Å². The van der Waals surface area contributed by atoms with Crippen LogP contribution in [0.25, 0.3) is 0 Å². The van der Waals surface area contributed by atoms with Crippen LogP contribution in [0.3, 0.4) is 0 Å². The summed E-state index contributed by atoms with van der Waals surface area (Å²) in [4.78, 5) is 31.2. The first kappa shape index (κ1) is 28.6. The standard InChI is InChI=1S/C25H36F2N4O6/c1-15(2)36-25(35)31-9-7-19(8-10-31)37-30-17-5-3-16(4-6-17)20-11-22(27)23(12-21(20)26)29-24(34)28-13-18(33)14-32/h11-12,15-16,18-19,32-33H,3-10,13-14H2,1-2H3,(H2,28,29,34). The first-order chi connectivity index (χ1) is 17.7.